The molecule has 1 aromatic carbocycles. The molecule has 0 aliphatic heterocycles. The van der Waals surface area contributed by atoms with Crippen LogP contribution < -0.4 is 15.2 Å². The maximum Gasteiger partial charge on any atom is 0.172 e. The lowest BCUT2D eigenvalue weighted by molar-refractivity contribution is 0.181. The molecule has 19 heavy (non-hydrogen) atoms. The van der Waals surface area contributed by atoms with E-state index >= 15 is 0 Å². The first kappa shape index (κ1) is 13.2. The SMILES string of the molecule is COCc1cc(-c2cc(N)no2)c(OC)cc1OC. The normalized spacial score (nSPS) is 10.5. The molecule has 0 aliphatic carbocycles. The topological polar surface area (TPSA) is 79.7 Å². The van der Waals surface area contributed by atoms with Crippen LogP contribution in [0.15, 0.2) is 22.7 Å². The maximum absolute atomic E-state index is 5.57. The van der Waals surface area contributed by atoms with Crippen molar-refractivity contribution in [1.29, 1.82) is 0 Å². The van der Waals surface area contributed by atoms with Crippen LogP contribution in [-0.2, 0) is 11.3 Å². The van der Waals surface area contributed by atoms with Gasteiger partial charge in [-0.2, -0.15) is 0 Å². The van der Waals surface area contributed by atoms with Gasteiger partial charge in [0.25, 0.3) is 0 Å². The zero-order valence-corrected chi connectivity index (χ0v) is 11.1. The number of aromatic nitrogens is 1. The molecule has 1 heterocycles. The van der Waals surface area contributed by atoms with Crippen molar-refractivity contribution in [1.82, 2.24) is 5.16 Å². The summed E-state index contributed by atoms with van der Waals surface area (Å²) in [5.41, 5.74) is 7.20. The third kappa shape index (κ3) is 2.63. The second kappa shape index (κ2) is 5.62. The molecule has 0 spiro atoms. The van der Waals surface area contributed by atoms with Gasteiger partial charge in [0, 0.05) is 24.8 Å². The van der Waals surface area contributed by atoms with Gasteiger partial charge in [0.1, 0.15) is 11.5 Å². The van der Waals surface area contributed by atoms with Gasteiger partial charge in [0.2, 0.25) is 0 Å². The highest BCUT2D eigenvalue weighted by atomic mass is 16.5. The van der Waals surface area contributed by atoms with E-state index in [2.05, 4.69) is 5.16 Å². The number of methoxy groups -OCH3 is 3. The average Bonchev–Trinajstić information content (AvgIpc) is 2.85. The zero-order chi connectivity index (χ0) is 13.8. The molecule has 102 valence electrons. The van der Waals surface area contributed by atoms with Crippen LogP contribution in [0.2, 0.25) is 0 Å². The Morgan fingerprint density at radius 3 is 2.37 bits per heavy atom. The fourth-order valence-corrected chi connectivity index (χ4v) is 1.84. The van der Waals surface area contributed by atoms with Gasteiger partial charge in [0.05, 0.1) is 26.4 Å². The van der Waals surface area contributed by atoms with E-state index in [9.17, 15) is 0 Å². The van der Waals surface area contributed by atoms with Gasteiger partial charge in [0.15, 0.2) is 11.6 Å². The minimum atomic E-state index is 0.321. The lowest BCUT2D eigenvalue weighted by Crippen LogP contribution is -1.97. The van der Waals surface area contributed by atoms with Crippen molar-refractivity contribution in [2.75, 3.05) is 27.1 Å². The summed E-state index contributed by atoms with van der Waals surface area (Å²) >= 11 is 0. The van der Waals surface area contributed by atoms with Crippen molar-refractivity contribution in [2.45, 2.75) is 6.61 Å². The Balaban J connectivity index is 2.55. The monoisotopic (exact) mass is 264 g/mol. The maximum atomic E-state index is 5.57. The summed E-state index contributed by atoms with van der Waals surface area (Å²) in [6, 6.07) is 5.30. The number of nitrogens with two attached hydrogens (primary N) is 1. The van der Waals surface area contributed by atoms with Crippen molar-refractivity contribution in [3.63, 3.8) is 0 Å². The Hall–Kier alpha value is -2.21. The van der Waals surface area contributed by atoms with Crippen LogP contribution >= 0.6 is 0 Å². The van der Waals surface area contributed by atoms with Gasteiger partial charge in [-0.05, 0) is 6.07 Å². The van der Waals surface area contributed by atoms with E-state index in [1.54, 1.807) is 33.5 Å². The Morgan fingerprint density at radius 1 is 1.11 bits per heavy atom. The van der Waals surface area contributed by atoms with Crippen LogP contribution in [0.4, 0.5) is 5.82 Å². The van der Waals surface area contributed by atoms with E-state index in [0.717, 1.165) is 11.1 Å². The van der Waals surface area contributed by atoms with Crippen LogP contribution in [0.5, 0.6) is 11.5 Å². The third-order valence-corrected chi connectivity index (χ3v) is 2.70. The Kier molecular flexibility index (Phi) is 3.91. The first-order chi connectivity index (χ1) is 9.19. The number of anilines is 1. The minimum absolute atomic E-state index is 0.321. The molecular formula is C13H16N2O4. The number of nitrogens with zero attached hydrogens (tertiary/aromatic N) is 1. The standard InChI is InChI=1S/C13H16N2O4/c1-16-7-8-4-9(12-6-13(14)15-19-12)11(18-3)5-10(8)17-2/h4-6H,7H2,1-3H3,(H2,14,15). The highest BCUT2D eigenvalue weighted by Crippen LogP contribution is 2.36. The molecule has 0 fully saturated rings. The van der Waals surface area contributed by atoms with Crippen molar-refractivity contribution < 1.29 is 18.7 Å². The quantitative estimate of drug-likeness (QED) is 0.890. The average molecular weight is 264 g/mol. The van der Waals surface area contributed by atoms with Crippen LogP contribution in [-0.4, -0.2) is 26.5 Å². The molecule has 2 N–H and O–H groups in total. The Bertz CT molecular complexity index is 566. The number of hydrogen-bond donors (Lipinski definition) is 1. The van der Waals surface area contributed by atoms with Crippen molar-refractivity contribution in [2.24, 2.45) is 0 Å². The number of rotatable bonds is 5. The van der Waals surface area contributed by atoms with Crippen LogP contribution in [0.25, 0.3) is 11.3 Å². The molecule has 0 amide bonds. The van der Waals surface area contributed by atoms with Crippen LogP contribution in [0.1, 0.15) is 5.56 Å². The van der Waals surface area contributed by atoms with Gasteiger partial charge < -0.3 is 24.5 Å². The smallest absolute Gasteiger partial charge is 0.172 e. The van der Waals surface area contributed by atoms with E-state index in [0.29, 0.717) is 29.7 Å². The molecule has 6 nitrogen and oxygen atoms in total. The summed E-state index contributed by atoms with van der Waals surface area (Å²) in [5.74, 6) is 2.17. The van der Waals surface area contributed by atoms with E-state index in [1.807, 2.05) is 6.07 Å². The van der Waals surface area contributed by atoms with Crippen LogP contribution in [0, 0.1) is 0 Å². The second-order valence-corrected chi connectivity index (χ2v) is 3.91. The van der Waals surface area contributed by atoms with E-state index in [4.69, 9.17) is 24.5 Å². The molecule has 0 saturated carbocycles. The van der Waals surface area contributed by atoms with Crippen molar-refractivity contribution in [3.05, 3.63) is 23.8 Å². The van der Waals surface area contributed by atoms with Gasteiger partial charge in [-0.3, -0.25) is 0 Å². The second-order valence-electron chi connectivity index (χ2n) is 3.91. The summed E-state index contributed by atoms with van der Waals surface area (Å²) in [5, 5.41) is 3.67. The molecule has 0 unspecified atom stereocenters. The highest BCUT2D eigenvalue weighted by molar-refractivity contribution is 5.70. The van der Waals surface area contributed by atoms with Gasteiger partial charge in [-0.25, -0.2) is 0 Å². The zero-order valence-electron chi connectivity index (χ0n) is 11.1. The molecule has 2 rings (SSSR count). The van der Waals surface area contributed by atoms with Gasteiger partial charge >= 0.3 is 0 Å². The largest absolute Gasteiger partial charge is 0.496 e. The molecule has 6 heteroatoms. The lowest BCUT2D eigenvalue weighted by Gasteiger charge is -2.13. The first-order valence-corrected chi connectivity index (χ1v) is 5.66. The number of nitrogen functional groups attached to an aromatic ring is 1. The van der Waals surface area contributed by atoms with E-state index in [-0.39, 0.29) is 0 Å². The molecule has 2 aromatic rings. The van der Waals surface area contributed by atoms with Gasteiger partial charge in [-0.1, -0.05) is 5.16 Å². The predicted molar refractivity (Wildman–Crippen MR) is 70.2 cm³/mol. The number of benzene rings is 1. The molecule has 0 bridgehead atoms. The molecule has 0 radical (unpaired) electrons. The van der Waals surface area contributed by atoms with Crippen molar-refractivity contribution in [3.8, 4) is 22.8 Å². The molecule has 0 atom stereocenters. The summed E-state index contributed by atoms with van der Waals surface area (Å²) in [4.78, 5) is 0. The van der Waals surface area contributed by atoms with E-state index < -0.39 is 0 Å². The van der Waals surface area contributed by atoms with Gasteiger partial charge in [-0.15, -0.1) is 0 Å². The summed E-state index contributed by atoms with van der Waals surface area (Å²) in [7, 11) is 4.80. The van der Waals surface area contributed by atoms with E-state index in [1.165, 1.54) is 0 Å². The molecule has 0 saturated heterocycles. The lowest BCUT2D eigenvalue weighted by atomic mass is 10.1. The molecular weight excluding hydrogens is 248 g/mol. The number of ether oxygens (including phenoxy) is 3. The Labute approximate surface area is 111 Å². The predicted octanol–water partition coefficient (Wildman–Crippen LogP) is 2.09. The summed E-state index contributed by atoms with van der Waals surface area (Å²) in [6.07, 6.45) is 0. The Morgan fingerprint density at radius 2 is 1.84 bits per heavy atom. The fraction of sp³-hybridized carbons (Fsp3) is 0.308. The molecule has 1 aromatic heterocycles. The summed E-state index contributed by atoms with van der Waals surface area (Å²) < 4.78 is 21.0. The highest BCUT2D eigenvalue weighted by Gasteiger charge is 2.16. The summed E-state index contributed by atoms with van der Waals surface area (Å²) in [6.45, 7) is 0.420. The first-order valence-electron chi connectivity index (χ1n) is 5.66. The number of hydrogen-bond acceptors (Lipinski definition) is 6. The third-order valence-electron chi connectivity index (χ3n) is 2.70. The van der Waals surface area contributed by atoms with Crippen molar-refractivity contribution >= 4 is 5.82 Å². The molecule has 0 aliphatic rings. The minimum Gasteiger partial charge on any atom is -0.496 e. The fourth-order valence-electron chi connectivity index (χ4n) is 1.84. The van der Waals surface area contributed by atoms with Crippen LogP contribution in [0.3, 0.4) is 0 Å².